The molecule has 1 N–H and O–H groups in total. The third kappa shape index (κ3) is 3.53. The lowest BCUT2D eigenvalue weighted by molar-refractivity contribution is -0.156. The zero-order valence-corrected chi connectivity index (χ0v) is 14.5. The van der Waals surface area contributed by atoms with Gasteiger partial charge in [-0.15, -0.1) is 11.8 Å². The van der Waals surface area contributed by atoms with Crippen molar-refractivity contribution in [2.45, 2.75) is 30.7 Å². The van der Waals surface area contributed by atoms with E-state index in [9.17, 15) is 19.2 Å². The smallest absolute Gasteiger partial charge is 0.330 e. The fraction of sp³-hybridized carbons (Fsp3) is 0.412. The van der Waals surface area contributed by atoms with Crippen molar-refractivity contribution in [3.63, 3.8) is 0 Å². The molecule has 0 aliphatic carbocycles. The van der Waals surface area contributed by atoms with Crippen molar-refractivity contribution in [3.05, 3.63) is 35.9 Å². The average Bonchev–Trinajstić information content (AvgIpc) is 3.10. The number of imide groups is 1. The lowest BCUT2D eigenvalue weighted by Crippen LogP contribution is -2.47. The minimum Gasteiger partial charge on any atom is -0.454 e. The van der Waals surface area contributed by atoms with Crippen molar-refractivity contribution >= 4 is 35.5 Å². The predicted molar refractivity (Wildman–Crippen MR) is 90.6 cm³/mol. The lowest BCUT2D eigenvalue weighted by Gasteiger charge is -2.29. The van der Waals surface area contributed by atoms with E-state index in [0.717, 1.165) is 0 Å². The van der Waals surface area contributed by atoms with Gasteiger partial charge in [0.2, 0.25) is 5.91 Å². The van der Waals surface area contributed by atoms with Crippen LogP contribution in [-0.4, -0.2) is 51.9 Å². The van der Waals surface area contributed by atoms with Crippen LogP contribution in [0.2, 0.25) is 0 Å². The number of benzene rings is 1. The fourth-order valence-electron chi connectivity index (χ4n) is 3.05. The number of hydrogen-bond acceptors (Lipinski definition) is 6. The third-order valence-corrected chi connectivity index (χ3v) is 5.86. The van der Waals surface area contributed by atoms with E-state index in [-0.39, 0.29) is 10.8 Å². The molecule has 2 fully saturated rings. The van der Waals surface area contributed by atoms with E-state index in [4.69, 9.17) is 4.74 Å². The highest BCUT2D eigenvalue weighted by Crippen LogP contribution is 2.47. The normalized spacial score (nSPS) is 24.8. The van der Waals surface area contributed by atoms with Crippen molar-refractivity contribution in [3.8, 4) is 0 Å². The zero-order valence-electron chi connectivity index (χ0n) is 13.7. The Labute approximate surface area is 149 Å². The fourth-order valence-corrected chi connectivity index (χ4v) is 4.47. The van der Waals surface area contributed by atoms with E-state index < -0.39 is 30.4 Å². The van der Waals surface area contributed by atoms with Gasteiger partial charge < -0.3 is 9.64 Å². The largest absolute Gasteiger partial charge is 0.454 e. The minimum atomic E-state index is -0.705. The lowest BCUT2D eigenvalue weighted by atomic mass is 10.2. The van der Waals surface area contributed by atoms with Crippen molar-refractivity contribution in [2.75, 3.05) is 12.4 Å². The van der Waals surface area contributed by atoms with Gasteiger partial charge in [0.05, 0.1) is 4.87 Å². The molecule has 2 heterocycles. The quantitative estimate of drug-likeness (QED) is 0.802. The first-order chi connectivity index (χ1) is 11.9. The Morgan fingerprint density at radius 3 is 2.76 bits per heavy atom. The summed E-state index contributed by atoms with van der Waals surface area (Å²) in [7, 11) is 0. The van der Waals surface area contributed by atoms with Crippen LogP contribution in [0.4, 0.5) is 0 Å². The zero-order chi connectivity index (χ0) is 18.0. The highest BCUT2D eigenvalue weighted by Gasteiger charge is 2.53. The summed E-state index contributed by atoms with van der Waals surface area (Å²) in [6.45, 7) is 1.37. The number of rotatable bonds is 4. The summed E-state index contributed by atoms with van der Waals surface area (Å²) >= 11 is 1.55. The summed E-state index contributed by atoms with van der Waals surface area (Å²) in [6.07, 6.45) is 1.12. The molecule has 132 valence electrons. The standard InChI is InChI=1S/C17H18N2O5S/c1-17-8-7-14(21)19(17)12(10-25-17)16(23)24-9-13(20)18-15(22)11-5-3-2-4-6-11/h2-6,12H,7-10H2,1H3,(H,18,20,22)/t12-,17-/m0/s1. The van der Waals surface area contributed by atoms with Crippen LogP contribution in [0.3, 0.4) is 0 Å². The number of thioether (sulfide) groups is 1. The van der Waals surface area contributed by atoms with Crippen molar-refractivity contribution < 1.29 is 23.9 Å². The first kappa shape index (κ1) is 17.5. The van der Waals surface area contributed by atoms with Gasteiger partial charge in [-0.2, -0.15) is 0 Å². The van der Waals surface area contributed by atoms with E-state index in [1.54, 1.807) is 47.0 Å². The number of amides is 3. The van der Waals surface area contributed by atoms with Gasteiger partial charge in [0, 0.05) is 17.7 Å². The number of hydrogen-bond donors (Lipinski definition) is 1. The first-order valence-corrected chi connectivity index (χ1v) is 8.91. The summed E-state index contributed by atoms with van der Waals surface area (Å²) in [5, 5.41) is 2.16. The average molecular weight is 362 g/mol. The third-order valence-electron chi connectivity index (χ3n) is 4.35. The van der Waals surface area contributed by atoms with Crippen molar-refractivity contribution in [2.24, 2.45) is 0 Å². The maximum atomic E-state index is 12.2. The summed E-state index contributed by atoms with van der Waals surface area (Å²) in [4.78, 5) is 49.1. The Bertz CT molecular complexity index is 723. The van der Waals surface area contributed by atoms with E-state index in [1.165, 1.54) is 0 Å². The maximum Gasteiger partial charge on any atom is 0.330 e. The second-order valence-electron chi connectivity index (χ2n) is 6.12. The van der Waals surface area contributed by atoms with Gasteiger partial charge in [-0.1, -0.05) is 18.2 Å². The number of carbonyl (C=O) groups excluding carboxylic acids is 4. The second-order valence-corrected chi connectivity index (χ2v) is 7.62. The summed E-state index contributed by atoms with van der Waals surface area (Å²) in [6, 6.07) is 7.59. The number of ether oxygens (including phenoxy) is 1. The van der Waals surface area contributed by atoms with Crippen LogP contribution in [0.5, 0.6) is 0 Å². The molecule has 3 amide bonds. The Hall–Kier alpha value is -2.35. The SMILES string of the molecule is C[C@]12CCC(=O)N1[C@H](C(=O)OCC(=O)NC(=O)c1ccccc1)CS2. The molecule has 0 saturated carbocycles. The molecule has 0 unspecified atom stereocenters. The van der Waals surface area contributed by atoms with Gasteiger partial charge in [0.25, 0.3) is 11.8 Å². The molecule has 0 radical (unpaired) electrons. The van der Waals surface area contributed by atoms with Crippen LogP contribution in [0, 0.1) is 0 Å². The predicted octanol–water partition coefficient (Wildman–Crippen LogP) is 0.940. The van der Waals surface area contributed by atoms with Gasteiger partial charge in [0.15, 0.2) is 6.61 Å². The highest BCUT2D eigenvalue weighted by molar-refractivity contribution is 8.01. The van der Waals surface area contributed by atoms with Crippen LogP contribution in [0.25, 0.3) is 0 Å². The molecule has 1 aromatic rings. The number of fused-ring (bicyclic) bond motifs is 1. The van der Waals surface area contributed by atoms with Gasteiger partial charge >= 0.3 is 5.97 Å². The molecule has 7 nitrogen and oxygen atoms in total. The molecule has 2 aliphatic rings. The van der Waals surface area contributed by atoms with Gasteiger partial charge in [-0.3, -0.25) is 19.7 Å². The van der Waals surface area contributed by atoms with Gasteiger partial charge in [-0.25, -0.2) is 4.79 Å². The number of esters is 1. The first-order valence-electron chi connectivity index (χ1n) is 7.93. The Morgan fingerprint density at radius 1 is 1.32 bits per heavy atom. The molecule has 2 atom stereocenters. The molecule has 0 bridgehead atoms. The van der Waals surface area contributed by atoms with Crippen molar-refractivity contribution in [1.82, 2.24) is 10.2 Å². The highest BCUT2D eigenvalue weighted by atomic mass is 32.2. The number of nitrogens with zero attached hydrogens (tertiary/aromatic N) is 1. The van der Waals surface area contributed by atoms with Crippen molar-refractivity contribution in [1.29, 1.82) is 0 Å². The van der Waals surface area contributed by atoms with Gasteiger partial charge in [0.1, 0.15) is 6.04 Å². The summed E-state index contributed by atoms with van der Waals surface area (Å²) in [5.41, 5.74) is 0.341. The molecule has 0 spiro atoms. The van der Waals surface area contributed by atoms with Crippen LogP contribution < -0.4 is 5.32 Å². The molecule has 8 heteroatoms. The van der Waals surface area contributed by atoms with E-state index >= 15 is 0 Å². The molecule has 2 saturated heterocycles. The van der Waals surface area contributed by atoms with E-state index in [0.29, 0.717) is 24.2 Å². The maximum absolute atomic E-state index is 12.2. The molecule has 0 aromatic heterocycles. The Morgan fingerprint density at radius 2 is 2.04 bits per heavy atom. The molecular weight excluding hydrogens is 344 g/mol. The van der Waals surface area contributed by atoms with Crippen LogP contribution >= 0.6 is 11.8 Å². The summed E-state index contributed by atoms with van der Waals surface area (Å²) in [5.74, 6) is -1.50. The van der Waals surface area contributed by atoms with Gasteiger partial charge in [-0.05, 0) is 25.5 Å². The van der Waals surface area contributed by atoms with Crippen LogP contribution in [-0.2, 0) is 19.1 Å². The monoisotopic (exact) mass is 362 g/mol. The number of nitrogens with one attached hydrogen (secondary N) is 1. The molecule has 3 rings (SSSR count). The molecule has 25 heavy (non-hydrogen) atoms. The number of carbonyl (C=O) groups is 4. The van der Waals surface area contributed by atoms with Crippen LogP contribution in [0.1, 0.15) is 30.1 Å². The van der Waals surface area contributed by atoms with Crippen LogP contribution in [0.15, 0.2) is 30.3 Å². The van der Waals surface area contributed by atoms with E-state index in [2.05, 4.69) is 5.32 Å². The Kier molecular flexibility index (Phi) is 4.80. The topological polar surface area (TPSA) is 92.8 Å². The molecular formula is C17H18N2O5S. The second kappa shape index (κ2) is 6.87. The molecule has 1 aromatic carbocycles. The minimum absolute atomic E-state index is 0.0712. The molecule has 2 aliphatic heterocycles. The van der Waals surface area contributed by atoms with E-state index in [1.807, 2.05) is 6.92 Å². The summed E-state index contributed by atoms with van der Waals surface area (Å²) < 4.78 is 5.02. The Balaban J connectivity index is 1.52.